The molecule has 0 bridgehead atoms. The quantitative estimate of drug-likeness (QED) is 0.0432. The van der Waals surface area contributed by atoms with Gasteiger partial charge in [-0.05, 0) is 90.2 Å². The molecule has 9 heteroatoms. The number of carboxylic acid groups (broad SMARTS) is 2. The average molecular weight is 777 g/mol. The molecular weight excluding hydrogens is 725 g/mol. The van der Waals surface area contributed by atoms with E-state index in [2.05, 4.69) is 34.8 Å². The fraction of sp³-hybridized carbons (Fsp3) is 0.327. The summed E-state index contributed by atoms with van der Waals surface area (Å²) in [6.45, 7) is 2.26. The number of hydrogen-bond acceptors (Lipinski definition) is 5. The van der Waals surface area contributed by atoms with Crippen LogP contribution in [0, 0.1) is 11.3 Å². The number of para-hydroxylation sites is 1. The van der Waals surface area contributed by atoms with Crippen molar-refractivity contribution in [2.75, 3.05) is 5.01 Å². The first-order valence-electron chi connectivity index (χ1n) is 20.7. The molecule has 9 nitrogen and oxygen atoms in total. The van der Waals surface area contributed by atoms with Crippen LogP contribution < -0.4 is 5.01 Å². The number of carbonyl (C=O) groups excluding carboxylic acids is 1. The summed E-state index contributed by atoms with van der Waals surface area (Å²) in [5.74, 6) is -3.08. The second kappa shape index (κ2) is 20.2. The van der Waals surface area contributed by atoms with Gasteiger partial charge in [-0.15, -0.1) is 0 Å². The highest BCUT2D eigenvalue weighted by atomic mass is 16.4. The summed E-state index contributed by atoms with van der Waals surface area (Å²) in [5, 5.41) is 36.0. The van der Waals surface area contributed by atoms with Gasteiger partial charge in [0.25, 0.3) is 5.91 Å². The predicted molar refractivity (Wildman–Crippen MR) is 233 cm³/mol. The van der Waals surface area contributed by atoms with Gasteiger partial charge in [-0.25, -0.2) is 9.59 Å². The number of rotatable bonds is 21. The van der Waals surface area contributed by atoms with Gasteiger partial charge in [0.15, 0.2) is 5.71 Å². The Balaban J connectivity index is 1.19. The molecule has 2 heterocycles. The van der Waals surface area contributed by atoms with Gasteiger partial charge in [-0.1, -0.05) is 133 Å². The molecule has 4 aromatic carbocycles. The monoisotopic (exact) mass is 776 g/mol. The molecule has 0 fully saturated rings. The number of carboxylic acids is 2. The first-order valence-corrected chi connectivity index (χ1v) is 20.7. The first kappa shape index (κ1) is 41.4. The Morgan fingerprint density at radius 3 is 1.84 bits per heavy atom. The van der Waals surface area contributed by atoms with Crippen molar-refractivity contribution in [3.8, 4) is 11.8 Å². The minimum absolute atomic E-state index is 0.00835. The Morgan fingerprint density at radius 1 is 0.690 bits per heavy atom. The topological polar surface area (TPSA) is 136 Å². The molecule has 0 atom stereocenters. The molecule has 298 valence electrons. The maximum atomic E-state index is 13.4. The van der Waals surface area contributed by atoms with Crippen LogP contribution in [0.1, 0.15) is 114 Å². The molecule has 1 aliphatic rings. The van der Waals surface area contributed by atoms with Crippen molar-refractivity contribution in [1.29, 1.82) is 5.26 Å². The van der Waals surface area contributed by atoms with Crippen LogP contribution >= 0.6 is 0 Å². The zero-order valence-electron chi connectivity index (χ0n) is 33.3. The van der Waals surface area contributed by atoms with Crippen molar-refractivity contribution < 1.29 is 24.6 Å². The van der Waals surface area contributed by atoms with E-state index < -0.39 is 17.8 Å². The minimum atomic E-state index is -1.29. The lowest BCUT2D eigenvalue weighted by Crippen LogP contribution is -2.22. The number of unbranched alkanes of at least 4 members (excludes halogenated alkanes) is 13. The van der Waals surface area contributed by atoms with Gasteiger partial charge in [0.05, 0.1) is 22.3 Å². The molecule has 0 unspecified atom stereocenters. The molecule has 0 spiro atoms. The second-order valence-corrected chi connectivity index (χ2v) is 15.1. The third-order valence-electron chi connectivity index (χ3n) is 10.9. The number of nitriles is 1. The lowest BCUT2D eigenvalue weighted by Gasteiger charge is -2.11. The molecule has 6 rings (SSSR count). The van der Waals surface area contributed by atoms with Crippen LogP contribution in [0.25, 0.3) is 39.6 Å². The number of aromatic nitrogens is 1. The van der Waals surface area contributed by atoms with Gasteiger partial charge in [0, 0.05) is 16.5 Å². The molecule has 0 aliphatic carbocycles. The summed E-state index contributed by atoms with van der Waals surface area (Å²) in [6, 6.07) is 30.2. The number of hydrazone groups is 1. The van der Waals surface area contributed by atoms with Crippen LogP contribution in [-0.2, 0) is 20.8 Å². The predicted octanol–water partition coefficient (Wildman–Crippen LogP) is 11.7. The molecule has 1 aliphatic heterocycles. The standard InChI is InChI=1S/C49H52N4O5/c1-2-3-4-5-6-7-8-9-10-11-12-13-14-16-19-35-24-28-44-41(31-35)42-33-37(30-38(34-50)48(55)56)25-29-45(42)52(44)39-26-22-36(23-27-39)32-43-46(49(57)58)51-53(47(43)54)40-20-17-15-18-21-40/h15,17-18,20-33H,2-14,16,19H2,1H3,(H,55,56)(H,57,58)/b38-30-,43-32+. The highest BCUT2D eigenvalue weighted by molar-refractivity contribution is 6.53. The molecule has 58 heavy (non-hydrogen) atoms. The number of aliphatic carboxylic acids is 2. The Hall–Kier alpha value is -6.27. The van der Waals surface area contributed by atoms with E-state index in [0.29, 0.717) is 16.8 Å². The summed E-state index contributed by atoms with van der Waals surface area (Å²) < 4.78 is 2.13. The van der Waals surface area contributed by atoms with Gasteiger partial charge in [0.1, 0.15) is 11.6 Å². The zero-order valence-corrected chi connectivity index (χ0v) is 33.3. The Morgan fingerprint density at radius 2 is 1.26 bits per heavy atom. The van der Waals surface area contributed by atoms with Crippen molar-refractivity contribution in [1.82, 2.24) is 4.57 Å². The van der Waals surface area contributed by atoms with Crippen molar-refractivity contribution in [3.05, 3.63) is 119 Å². The van der Waals surface area contributed by atoms with Crippen LogP contribution in [0.5, 0.6) is 0 Å². The Labute approximate surface area is 340 Å². The number of aryl methyl sites for hydroxylation is 1. The molecular formula is C49H52N4O5. The number of hydrogen-bond donors (Lipinski definition) is 2. The van der Waals surface area contributed by atoms with E-state index in [1.807, 2.05) is 48.5 Å². The van der Waals surface area contributed by atoms with Gasteiger partial charge in [-0.3, -0.25) is 4.79 Å². The fourth-order valence-corrected chi connectivity index (χ4v) is 7.78. The summed E-state index contributed by atoms with van der Waals surface area (Å²) in [6.07, 6.45) is 22.3. The van der Waals surface area contributed by atoms with E-state index in [-0.39, 0.29) is 16.9 Å². The van der Waals surface area contributed by atoms with E-state index in [1.165, 1.54) is 95.1 Å². The SMILES string of the molecule is CCCCCCCCCCCCCCCCc1ccc2c(c1)c1cc(/C=C(/C#N)C(=O)O)ccc1n2-c1ccc(/C=C2/C(=O)N(c3ccccc3)N=C2C(=O)O)cc1. The third kappa shape index (κ3) is 10.2. The molecule has 0 saturated heterocycles. The lowest BCUT2D eigenvalue weighted by atomic mass is 10.0. The maximum absolute atomic E-state index is 13.4. The summed E-state index contributed by atoms with van der Waals surface area (Å²) >= 11 is 0. The molecule has 1 amide bonds. The molecule has 0 radical (unpaired) electrons. The number of fused-ring (bicyclic) bond motifs is 3. The van der Waals surface area contributed by atoms with E-state index in [9.17, 15) is 29.9 Å². The van der Waals surface area contributed by atoms with E-state index >= 15 is 0 Å². The number of nitrogens with zero attached hydrogens (tertiary/aromatic N) is 4. The molecule has 1 aromatic heterocycles. The van der Waals surface area contributed by atoms with Crippen molar-refractivity contribution in [2.24, 2.45) is 5.10 Å². The Kier molecular flexibility index (Phi) is 14.4. The van der Waals surface area contributed by atoms with Crippen LogP contribution in [0.15, 0.2) is 107 Å². The first-order chi connectivity index (χ1) is 28.3. The largest absolute Gasteiger partial charge is 0.477 e. The highest BCUT2D eigenvalue weighted by Gasteiger charge is 2.35. The van der Waals surface area contributed by atoms with E-state index in [1.54, 1.807) is 36.4 Å². The van der Waals surface area contributed by atoms with E-state index in [0.717, 1.165) is 45.3 Å². The summed E-state index contributed by atoms with van der Waals surface area (Å²) in [7, 11) is 0. The van der Waals surface area contributed by atoms with Gasteiger partial charge >= 0.3 is 11.9 Å². The lowest BCUT2D eigenvalue weighted by molar-refractivity contribution is -0.132. The van der Waals surface area contributed by atoms with Crippen LogP contribution in [-0.4, -0.2) is 38.3 Å². The second-order valence-electron chi connectivity index (χ2n) is 15.1. The number of amides is 1. The fourth-order valence-electron chi connectivity index (χ4n) is 7.78. The number of anilines is 1. The molecule has 5 aromatic rings. The maximum Gasteiger partial charge on any atom is 0.357 e. The van der Waals surface area contributed by atoms with E-state index in [4.69, 9.17) is 0 Å². The average Bonchev–Trinajstić information content (AvgIpc) is 3.74. The van der Waals surface area contributed by atoms with Gasteiger partial charge < -0.3 is 14.8 Å². The summed E-state index contributed by atoms with van der Waals surface area (Å²) in [5.41, 5.74) is 5.02. The highest BCUT2D eigenvalue weighted by Crippen LogP contribution is 2.35. The van der Waals surface area contributed by atoms with Crippen LogP contribution in [0.3, 0.4) is 0 Å². The van der Waals surface area contributed by atoms with Crippen molar-refractivity contribution in [3.63, 3.8) is 0 Å². The normalized spacial score (nSPS) is 13.8. The van der Waals surface area contributed by atoms with Crippen molar-refractivity contribution in [2.45, 2.75) is 103 Å². The van der Waals surface area contributed by atoms with Crippen LogP contribution in [0.4, 0.5) is 5.69 Å². The Bertz CT molecular complexity index is 2380. The van der Waals surface area contributed by atoms with Gasteiger partial charge in [-0.2, -0.15) is 15.4 Å². The smallest absolute Gasteiger partial charge is 0.357 e. The summed E-state index contributed by atoms with van der Waals surface area (Å²) in [4.78, 5) is 37.1. The molecule has 2 N–H and O–H groups in total. The van der Waals surface area contributed by atoms with Crippen LogP contribution in [0.2, 0.25) is 0 Å². The number of benzene rings is 4. The molecule has 0 saturated carbocycles. The van der Waals surface area contributed by atoms with Crippen molar-refractivity contribution >= 4 is 63.2 Å². The number of carbonyl (C=O) groups is 3. The minimum Gasteiger partial charge on any atom is -0.477 e. The zero-order chi connectivity index (χ0) is 40.9. The van der Waals surface area contributed by atoms with Gasteiger partial charge in [0.2, 0.25) is 0 Å². The third-order valence-corrected chi connectivity index (χ3v) is 10.9.